The van der Waals surface area contributed by atoms with E-state index in [1.165, 1.54) is 19.2 Å². The Morgan fingerprint density at radius 3 is 2.70 bits per heavy atom. The number of halogens is 2. The van der Waals surface area contributed by atoms with Crippen molar-refractivity contribution >= 4 is 40.6 Å². The van der Waals surface area contributed by atoms with Gasteiger partial charge in [0, 0.05) is 11.6 Å². The Balaban J connectivity index is 2.27. The average molecular weight is 312 g/mol. The van der Waals surface area contributed by atoms with Crippen LogP contribution in [0.5, 0.6) is 5.75 Å². The minimum absolute atomic E-state index is 0.145. The van der Waals surface area contributed by atoms with Crippen LogP contribution in [0.15, 0.2) is 30.3 Å². The lowest BCUT2D eigenvalue weighted by Gasteiger charge is -2.09. The van der Waals surface area contributed by atoms with E-state index in [0.717, 1.165) is 0 Å². The Morgan fingerprint density at radius 2 is 2.05 bits per heavy atom. The third-order valence-corrected chi connectivity index (χ3v) is 3.02. The van der Waals surface area contributed by atoms with Gasteiger partial charge in [0.2, 0.25) is 0 Å². The van der Waals surface area contributed by atoms with Crippen molar-refractivity contribution in [1.29, 1.82) is 0 Å². The highest BCUT2D eigenvalue weighted by Crippen LogP contribution is 2.27. The summed E-state index contributed by atoms with van der Waals surface area (Å²) >= 11 is 11.8. The van der Waals surface area contributed by atoms with Gasteiger partial charge in [-0.2, -0.15) is 0 Å². The highest BCUT2D eigenvalue weighted by molar-refractivity contribution is 6.34. The van der Waals surface area contributed by atoms with Gasteiger partial charge in [-0.1, -0.05) is 23.2 Å². The molecule has 0 atom stereocenters. The van der Waals surface area contributed by atoms with Gasteiger partial charge in [-0.15, -0.1) is 0 Å². The number of hydrogen-bond acceptors (Lipinski definition) is 4. The minimum atomic E-state index is -0.392. The van der Waals surface area contributed by atoms with E-state index in [4.69, 9.17) is 33.7 Å². The Labute approximate surface area is 125 Å². The normalized spacial score (nSPS) is 10.2. The third kappa shape index (κ3) is 3.31. The van der Waals surface area contributed by atoms with Crippen LogP contribution in [0.4, 0.5) is 11.5 Å². The lowest BCUT2D eigenvalue weighted by atomic mass is 10.2. The first-order valence-corrected chi connectivity index (χ1v) is 6.33. The lowest BCUT2D eigenvalue weighted by molar-refractivity contribution is 0.102. The molecule has 3 N–H and O–H groups in total. The topological polar surface area (TPSA) is 77.2 Å². The van der Waals surface area contributed by atoms with E-state index in [0.29, 0.717) is 22.0 Å². The fourth-order valence-corrected chi connectivity index (χ4v) is 1.95. The average Bonchev–Trinajstić information content (AvgIpc) is 2.40. The van der Waals surface area contributed by atoms with E-state index in [2.05, 4.69) is 10.3 Å². The maximum atomic E-state index is 12.1. The summed E-state index contributed by atoms with van der Waals surface area (Å²) in [5.74, 6) is 0.354. The number of hydrogen-bond donors (Lipinski definition) is 2. The van der Waals surface area contributed by atoms with Crippen molar-refractivity contribution in [2.24, 2.45) is 0 Å². The predicted molar refractivity (Wildman–Crippen MR) is 79.6 cm³/mol. The second-order valence-electron chi connectivity index (χ2n) is 3.90. The smallest absolute Gasteiger partial charge is 0.255 e. The summed E-state index contributed by atoms with van der Waals surface area (Å²) in [4.78, 5) is 15.9. The van der Waals surface area contributed by atoms with Crippen molar-refractivity contribution in [1.82, 2.24) is 4.98 Å². The number of nitrogens with zero attached hydrogens (tertiary/aromatic N) is 1. The van der Waals surface area contributed by atoms with E-state index >= 15 is 0 Å². The first-order valence-electron chi connectivity index (χ1n) is 5.57. The summed E-state index contributed by atoms with van der Waals surface area (Å²) in [6.07, 6.45) is 0. The van der Waals surface area contributed by atoms with Crippen molar-refractivity contribution < 1.29 is 9.53 Å². The SMILES string of the molecule is COc1ccc(Cl)c(NC(=O)c2cc(N)nc(Cl)c2)c1. The maximum absolute atomic E-state index is 12.1. The molecule has 0 aliphatic rings. The second kappa shape index (κ2) is 5.98. The molecule has 1 amide bonds. The van der Waals surface area contributed by atoms with Crippen LogP contribution in [0.25, 0.3) is 0 Å². The highest BCUT2D eigenvalue weighted by atomic mass is 35.5. The standard InChI is InChI=1S/C13H11Cl2N3O2/c1-20-8-2-3-9(14)10(6-8)17-13(19)7-4-11(15)18-12(16)5-7/h2-6H,1H3,(H2,16,18)(H,17,19). The molecule has 0 aliphatic carbocycles. The Bertz CT molecular complexity index is 642. The summed E-state index contributed by atoms with van der Waals surface area (Å²) < 4.78 is 5.07. The summed E-state index contributed by atoms with van der Waals surface area (Å²) in [7, 11) is 1.53. The molecule has 0 fully saturated rings. The van der Waals surface area contributed by atoms with Crippen molar-refractivity contribution in [2.45, 2.75) is 0 Å². The van der Waals surface area contributed by atoms with Crippen LogP contribution in [-0.2, 0) is 0 Å². The molecule has 104 valence electrons. The van der Waals surface area contributed by atoms with Crippen LogP contribution in [0.1, 0.15) is 10.4 Å². The van der Waals surface area contributed by atoms with Gasteiger partial charge in [-0.05, 0) is 24.3 Å². The number of amides is 1. The van der Waals surface area contributed by atoms with Crippen LogP contribution in [0, 0.1) is 0 Å². The number of methoxy groups -OCH3 is 1. The van der Waals surface area contributed by atoms with Crippen molar-refractivity contribution in [2.75, 3.05) is 18.2 Å². The molecule has 0 bridgehead atoms. The molecule has 0 unspecified atom stereocenters. The fourth-order valence-electron chi connectivity index (χ4n) is 1.57. The van der Waals surface area contributed by atoms with Gasteiger partial charge in [0.1, 0.15) is 16.7 Å². The lowest BCUT2D eigenvalue weighted by Crippen LogP contribution is -2.13. The van der Waals surface area contributed by atoms with Crippen LogP contribution in [0.2, 0.25) is 10.2 Å². The molecule has 1 heterocycles. The van der Waals surface area contributed by atoms with Crippen LogP contribution in [-0.4, -0.2) is 18.0 Å². The molecule has 0 radical (unpaired) electrons. The summed E-state index contributed by atoms with van der Waals surface area (Å²) in [6.45, 7) is 0. The van der Waals surface area contributed by atoms with Gasteiger partial charge >= 0.3 is 0 Å². The molecule has 2 aromatic rings. The van der Waals surface area contributed by atoms with Crippen LogP contribution >= 0.6 is 23.2 Å². The number of anilines is 2. The first kappa shape index (κ1) is 14.4. The number of carbonyl (C=O) groups is 1. The zero-order chi connectivity index (χ0) is 14.7. The number of rotatable bonds is 3. The third-order valence-electron chi connectivity index (χ3n) is 2.50. The molecular formula is C13H11Cl2N3O2. The Hall–Kier alpha value is -1.98. The van der Waals surface area contributed by atoms with E-state index in [-0.39, 0.29) is 11.0 Å². The highest BCUT2D eigenvalue weighted by Gasteiger charge is 2.11. The molecule has 7 heteroatoms. The Morgan fingerprint density at radius 1 is 1.30 bits per heavy atom. The maximum Gasteiger partial charge on any atom is 0.255 e. The largest absolute Gasteiger partial charge is 0.497 e. The minimum Gasteiger partial charge on any atom is -0.497 e. The van der Waals surface area contributed by atoms with E-state index < -0.39 is 5.91 Å². The number of carbonyl (C=O) groups excluding carboxylic acids is 1. The van der Waals surface area contributed by atoms with Crippen LogP contribution in [0.3, 0.4) is 0 Å². The molecule has 5 nitrogen and oxygen atoms in total. The van der Waals surface area contributed by atoms with Gasteiger partial charge in [0.05, 0.1) is 17.8 Å². The predicted octanol–water partition coefficient (Wildman–Crippen LogP) is 3.23. The van der Waals surface area contributed by atoms with Gasteiger partial charge in [0.25, 0.3) is 5.91 Å². The van der Waals surface area contributed by atoms with Crippen molar-refractivity contribution in [3.8, 4) is 5.75 Å². The van der Waals surface area contributed by atoms with Gasteiger partial charge in [-0.25, -0.2) is 4.98 Å². The number of nitrogens with one attached hydrogen (secondary N) is 1. The number of nitrogens with two attached hydrogens (primary N) is 1. The van der Waals surface area contributed by atoms with Gasteiger partial charge in [-0.3, -0.25) is 4.79 Å². The van der Waals surface area contributed by atoms with Gasteiger partial charge < -0.3 is 15.8 Å². The molecule has 1 aromatic heterocycles. The van der Waals surface area contributed by atoms with Gasteiger partial charge in [0.15, 0.2) is 0 Å². The number of nitrogen functional groups attached to an aromatic ring is 1. The summed E-state index contributed by atoms with van der Waals surface area (Å²) in [5, 5.41) is 3.20. The number of ether oxygens (including phenoxy) is 1. The summed E-state index contributed by atoms with van der Waals surface area (Å²) in [6, 6.07) is 7.78. The molecular weight excluding hydrogens is 301 g/mol. The zero-order valence-corrected chi connectivity index (χ0v) is 12.0. The van der Waals surface area contributed by atoms with Crippen LogP contribution < -0.4 is 15.8 Å². The summed E-state index contributed by atoms with van der Waals surface area (Å²) in [5.41, 5.74) is 6.27. The van der Waals surface area contributed by atoms with E-state index in [1.54, 1.807) is 18.2 Å². The molecule has 20 heavy (non-hydrogen) atoms. The Kier molecular flexibility index (Phi) is 4.32. The second-order valence-corrected chi connectivity index (χ2v) is 4.70. The molecule has 0 saturated carbocycles. The first-order chi connectivity index (χ1) is 9.49. The van der Waals surface area contributed by atoms with Crippen molar-refractivity contribution in [3.05, 3.63) is 46.1 Å². The van der Waals surface area contributed by atoms with Crippen molar-refractivity contribution in [3.63, 3.8) is 0 Å². The quantitative estimate of drug-likeness (QED) is 0.853. The molecule has 0 saturated heterocycles. The molecule has 2 rings (SSSR count). The number of pyridine rings is 1. The number of aromatic nitrogens is 1. The molecule has 1 aromatic carbocycles. The monoisotopic (exact) mass is 311 g/mol. The van der Waals surface area contributed by atoms with E-state index in [1.807, 2.05) is 0 Å². The zero-order valence-electron chi connectivity index (χ0n) is 10.5. The number of benzene rings is 1. The van der Waals surface area contributed by atoms with E-state index in [9.17, 15) is 4.79 Å². The molecule has 0 aliphatic heterocycles. The molecule has 0 spiro atoms. The fraction of sp³-hybridized carbons (Fsp3) is 0.0769.